The lowest BCUT2D eigenvalue weighted by molar-refractivity contribution is -0.111. The van der Waals surface area contributed by atoms with Crippen LogP contribution in [0.2, 0.25) is 0 Å². The molecule has 0 heterocycles. The van der Waals surface area contributed by atoms with Crippen LogP contribution in [0, 0.1) is 0 Å². The fraction of sp³-hybridized carbons (Fsp3) is 0.267. The first-order valence-corrected chi connectivity index (χ1v) is 5.83. The van der Waals surface area contributed by atoms with Gasteiger partial charge in [-0.2, -0.15) is 0 Å². The molecule has 0 aliphatic heterocycles. The summed E-state index contributed by atoms with van der Waals surface area (Å²) >= 11 is 0. The molecule has 0 radical (unpaired) electrons. The number of benzene rings is 1. The van der Waals surface area contributed by atoms with Gasteiger partial charge in [0.2, 0.25) is 5.91 Å². The summed E-state index contributed by atoms with van der Waals surface area (Å²) in [6.07, 6.45) is 6.93. The molecule has 1 amide bonds. The number of hydrogen-bond acceptors (Lipinski definition) is 1. The lowest BCUT2D eigenvalue weighted by Crippen LogP contribution is -2.07. The van der Waals surface area contributed by atoms with Crippen LogP contribution >= 0.6 is 0 Å². The third-order valence-electron chi connectivity index (χ3n) is 2.40. The largest absolute Gasteiger partial charge is 0.323 e. The van der Waals surface area contributed by atoms with E-state index in [1.165, 1.54) is 11.6 Å². The molecule has 0 aromatic heterocycles. The first kappa shape index (κ1) is 13.2. The van der Waals surface area contributed by atoms with E-state index in [-0.39, 0.29) is 5.91 Å². The SMILES string of the molecule is C/C=C/C=C/C(=O)Nc1ccc(C(C)C)cc1. The van der Waals surface area contributed by atoms with E-state index in [1.54, 1.807) is 6.08 Å². The van der Waals surface area contributed by atoms with Gasteiger partial charge in [-0.15, -0.1) is 0 Å². The summed E-state index contributed by atoms with van der Waals surface area (Å²) in [6.45, 7) is 6.20. The van der Waals surface area contributed by atoms with E-state index in [9.17, 15) is 4.79 Å². The summed E-state index contributed by atoms with van der Waals surface area (Å²) in [6, 6.07) is 7.93. The van der Waals surface area contributed by atoms with Crippen LogP contribution in [0.4, 0.5) is 5.69 Å². The topological polar surface area (TPSA) is 29.1 Å². The fourth-order valence-electron chi connectivity index (χ4n) is 1.39. The van der Waals surface area contributed by atoms with Crippen molar-refractivity contribution in [3.05, 3.63) is 54.1 Å². The highest BCUT2D eigenvalue weighted by atomic mass is 16.1. The quantitative estimate of drug-likeness (QED) is 0.616. The Morgan fingerprint density at radius 3 is 2.35 bits per heavy atom. The van der Waals surface area contributed by atoms with Crippen molar-refractivity contribution < 1.29 is 4.79 Å². The van der Waals surface area contributed by atoms with Crippen LogP contribution in [0.5, 0.6) is 0 Å². The molecule has 0 spiro atoms. The zero-order valence-corrected chi connectivity index (χ0v) is 10.6. The molecule has 1 rings (SSSR count). The summed E-state index contributed by atoms with van der Waals surface area (Å²) < 4.78 is 0. The first-order valence-electron chi connectivity index (χ1n) is 5.83. The predicted molar refractivity (Wildman–Crippen MR) is 73.1 cm³/mol. The molecule has 90 valence electrons. The fourth-order valence-corrected chi connectivity index (χ4v) is 1.39. The number of carbonyl (C=O) groups excluding carboxylic acids is 1. The third kappa shape index (κ3) is 4.68. The second-order valence-corrected chi connectivity index (χ2v) is 4.15. The monoisotopic (exact) mass is 229 g/mol. The molecular formula is C15H19NO. The molecule has 2 nitrogen and oxygen atoms in total. The molecule has 0 aliphatic rings. The van der Waals surface area contributed by atoms with E-state index >= 15 is 0 Å². The maximum absolute atomic E-state index is 11.5. The highest BCUT2D eigenvalue weighted by Gasteiger charge is 2.00. The lowest BCUT2D eigenvalue weighted by atomic mass is 10.0. The number of nitrogens with one attached hydrogen (secondary N) is 1. The number of carbonyl (C=O) groups is 1. The van der Waals surface area contributed by atoms with Crippen LogP contribution < -0.4 is 5.32 Å². The minimum Gasteiger partial charge on any atom is -0.323 e. The predicted octanol–water partition coefficient (Wildman–Crippen LogP) is 3.88. The van der Waals surface area contributed by atoms with E-state index in [4.69, 9.17) is 0 Å². The highest BCUT2D eigenvalue weighted by molar-refractivity contribution is 5.99. The van der Waals surface area contributed by atoms with Gasteiger partial charge in [0.25, 0.3) is 0 Å². The van der Waals surface area contributed by atoms with Gasteiger partial charge in [0, 0.05) is 11.8 Å². The zero-order valence-electron chi connectivity index (χ0n) is 10.6. The Balaban J connectivity index is 2.60. The molecule has 0 atom stereocenters. The molecule has 0 bridgehead atoms. The van der Waals surface area contributed by atoms with Crippen LogP contribution in [0.15, 0.2) is 48.6 Å². The summed E-state index contributed by atoms with van der Waals surface area (Å²) in [4.78, 5) is 11.5. The molecule has 0 unspecified atom stereocenters. The third-order valence-corrected chi connectivity index (χ3v) is 2.40. The van der Waals surface area contributed by atoms with Gasteiger partial charge in [-0.25, -0.2) is 0 Å². The van der Waals surface area contributed by atoms with E-state index in [1.807, 2.05) is 43.3 Å². The van der Waals surface area contributed by atoms with Crippen LogP contribution in [-0.4, -0.2) is 5.91 Å². The molecular weight excluding hydrogens is 210 g/mol. The van der Waals surface area contributed by atoms with Crippen LogP contribution in [0.3, 0.4) is 0 Å². The molecule has 1 N–H and O–H groups in total. The van der Waals surface area contributed by atoms with Gasteiger partial charge in [-0.1, -0.05) is 44.2 Å². The maximum atomic E-state index is 11.5. The lowest BCUT2D eigenvalue weighted by Gasteiger charge is -2.06. The summed E-state index contributed by atoms with van der Waals surface area (Å²) in [5, 5.41) is 2.81. The van der Waals surface area contributed by atoms with Crippen LogP contribution in [0.1, 0.15) is 32.3 Å². The van der Waals surface area contributed by atoms with Crippen molar-refractivity contribution in [1.82, 2.24) is 0 Å². The van der Waals surface area contributed by atoms with Crippen LogP contribution in [0.25, 0.3) is 0 Å². The van der Waals surface area contributed by atoms with Crippen LogP contribution in [-0.2, 0) is 4.79 Å². The molecule has 2 heteroatoms. The highest BCUT2D eigenvalue weighted by Crippen LogP contribution is 2.16. The van der Waals surface area contributed by atoms with E-state index in [2.05, 4.69) is 19.2 Å². The molecule has 0 saturated carbocycles. The number of rotatable bonds is 4. The molecule has 1 aromatic rings. The Bertz CT molecular complexity index is 413. The van der Waals surface area contributed by atoms with E-state index < -0.39 is 0 Å². The minimum atomic E-state index is -0.111. The molecule has 0 aliphatic carbocycles. The summed E-state index contributed by atoms with van der Waals surface area (Å²) in [5.74, 6) is 0.398. The van der Waals surface area contributed by atoms with Gasteiger partial charge in [0.1, 0.15) is 0 Å². The normalized spacial score (nSPS) is 11.5. The van der Waals surface area contributed by atoms with Crippen molar-refractivity contribution in [1.29, 1.82) is 0 Å². The minimum absolute atomic E-state index is 0.111. The van der Waals surface area contributed by atoms with Gasteiger partial charge in [0.05, 0.1) is 0 Å². The first-order chi connectivity index (χ1) is 8.13. The van der Waals surface area contributed by atoms with Gasteiger partial charge >= 0.3 is 0 Å². The van der Waals surface area contributed by atoms with Crippen molar-refractivity contribution >= 4 is 11.6 Å². The Morgan fingerprint density at radius 2 is 1.82 bits per heavy atom. The Morgan fingerprint density at radius 1 is 1.18 bits per heavy atom. The smallest absolute Gasteiger partial charge is 0.248 e. The maximum Gasteiger partial charge on any atom is 0.248 e. The number of amides is 1. The Kier molecular flexibility index (Phi) is 5.21. The van der Waals surface area contributed by atoms with Gasteiger partial charge in [-0.3, -0.25) is 4.79 Å². The van der Waals surface area contributed by atoms with Crippen molar-refractivity contribution in [2.75, 3.05) is 5.32 Å². The Labute approximate surface area is 103 Å². The van der Waals surface area contributed by atoms with Crippen molar-refractivity contribution in [2.45, 2.75) is 26.7 Å². The molecule has 1 aromatic carbocycles. The van der Waals surface area contributed by atoms with E-state index in [0.717, 1.165) is 5.69 Å². The van der Waals surface area contributed by atoms with E-state index in [0.29, 0.717) is 5.92 Å². The number of anilines is 1. The Hall–Kier alpha value is -1.83. The molecule has 17 heavy (non-hydrogen) atoms. The van der Waals surface area contributed by atoms with Crippen molar-refractivity contribution in [3.63, 3.8) is 0 Å². The van der Waals surface area contributed by atoms with Crippen molar-refractivity contribution in [2.24, 2.45) is 0 Å². The number of hydrogen-bond donors (Lipinski definition) is 1. The van der Waals surface area contributed by atoms with Gasteiger partial charge in [0.15, 0.2) is 0 Å². The average Bonchev–Trinajstić information content (AvgIpc) is 2.30. The molecule has 0 saturated heterocycles. The average molecular weight is 229 g/mol. The second kappa shape index (κ2) is 6.69. The summed E-state index contributed by atoms with van der Waals surface area (Å²) in [5.41, 5.74) is 2.09. The standard InChI is InChI=1S/C15H19NO/c1-4-5-6-7-15(17)16-14-10-8-13(9-11-14)12(2)3/h4-12H,1-3H3,(H,16,17)/b5-4+,7-6+. The number of allylic oxidation sites excluding steroid dienone is 3. The second-order valence-electron chi connectivity index (χ2n) is 4.15. The van der Waals surface area contributed by atoms with Crippen molar-refractivity contribution in [3.8, 4) is 0 Å². The molecule has 0 fully saturated rings. The zero-order chi connectivity index (χ0) is 12.7. The van der Waals surface area contributed by atoms with Gasteiger partial charge in [-0.05, 0) is 30.5 Å². The summed E-state index contributed by atoms with van der Waals surface area (Å²) in [7, 11) is 0. The van der Waals surface area contributed by atoms with Gasteiger partial charge < -0.3 is 5.32 Å².